The molecule has 2 aliphatic heterocycles. The van der Waals surface area contributed by atoms with E-state index in [0.717, 1.165) is 31.8 Å². The van der Waals surface area contributed by atoms with Crippen molar-refractivity contribution in [2.45, 2.75) is 38.7 Å². The maximum atomic E-state index is 6.01. The molecule has 2 N–H and O–H groups in total. The number of nitrogens with zero attached hydrogens (tertiary/aromatic N) is 2. The summed E-state index contributed by atoms with van der Waals surface area (Å²) in [7, 11) is 0. The van der Waals surface area contributed by atoms with Crippen molar-refractivity contribution >= 4 is 29.9 Å². The maximum Gasteiger partial charge on any atom is 0.191 e. The first-order valence-electron chi connectivity index (χ1n) is 6.61. The van der Waals surface area contributed by atoms with Gasteiger partial charge in [0.15, 0.2) is 5.96 Å². The number of nitrogens with two attached hydrogens (primary N) is 1. The number of allylic oxidation sites excluding steroid dienone is 1. The van der Waals surface area contributed by atoms with E-state index in [-0.39, 0.29) is 30.1 Å². The van der Waals surface area contributed by atoms with Crippen molar-refractivity contribution in [3.05, 3.63) is 12.3 Å². The number of piperidine rings is 1. The summed E-state index contributed by atoms with van der Waals surface area (Å²) in [5, 5.41) is 0. The van der Waals surface area contributed by atoms with Crippen LogP contribution in [0.4, 0.5) is 0 Å². The third-order valence-corrected chi connectivity index (χ3v) is 3.59. The first kappa shape index (κ1) is 15.6. The molecule has 1 atom stereocenters. The van der Waals surface area contributed by atoms with Crippen LogP contribution < -0.4 is 5.73 Å². The molecule has 0 bridgehead atoms. The second kappa shape index (κ2) is 7.86. The summed E-state index contributed by atoms with van der Waals surface area (Å²) in [6.45, 7) is 5.07. The van der Waals surface area contributed by atoms with Crippen LogP contribution in [-0.4, -0.2) is 36.6 Å². The normalized spacial score (nSPS) is 25.5. The minimum absolute atomic E-state index is 0. The van der Waals surface area contributed by atoms with Gasteiger partial charge in [-0.25, -0.2) is 4.99 Å². The van der Waals surface area contributed by atoms with Crippen molar-refractivity contribution in [2.75, 3.05) is 19.6 Å². The van der Waals surface area contributed by atoms with Crippen molar-refractivity contribution in [1.82, 2.24) is 4.90 Å². The van der Waals surface area contributed by atoms with E-state index >= 15 is 0 Å². The summed E-state index contributed by atoms with van der Waals surface area (Å²) < 4.78 is 5.47. The molecule has 0 aliphatic carbocycles. The van der Waals surface area contributed by atoms with E-state index in [9.17, 15) is 0 Å². The van der Waals surface area contributed by atoms with E-state index in [2.05, 4.69) is 22.9 Å². The third kappa shape index (κ3) is 4.66. The van der Waals surface area contributed by atoms with E-state index in [1.54, 1.807) is 6.26 Å². The number of aliphatic imine (C=N–C) groups is 1. The average molecular weight is 365 g/mol. The fraction of sp³-hybridized carbons (Fsp3) is 0.769. The molecule has 0 aromatic rings. The van der Waals surface area contributed by atoms with Crippen molar-refractivity contribution in [3.8, 4) is 0 Å². The van der Waals surface area contributed by atoms with Crippen LogP contribution >= 0.6 is 24.0 Å². The highest BCUT2D eigenvalue weighted by Crippen LogP contribution is 2.16. The Morgan fingerprint density at radius 2 is 2.11 bits per heavy atom. The second-order valence-electron chi connectivity index (χ2n) is 5.08. The van der Waals surface area contributed by atoms with Gasteiger partial charge in [-0.1, -0.05) is 6.92 Å². The van der Waals surface area contributed by atoms with Gasteiger partial charge in [0.1, 0.15) is 6.10 Å². The van der Waals surface area contributed by atoms with E-state index in [4.69, 9.17) is 10.5 Å². The number of likely N-dealkylation sites (tertiary alicyclic amines) is 1. The minimum atomic E-state index is 0. The highest BCUT2D eigenvalue weighted by atomic mass is 127. The number of hydrogen-bond acceptors (Lipinski definition) is 2. The van der Waals surface area contributed by atoms with Gasteiger partial charge in [-0.15, -0.1) is 24.0 Å². The summed E-state index contributed by atoms with van der Waals surface area (Å²) >= 11 is 0. The van der Waals surface area contributed by atoms with Gasteiger partial charge in [0, 0.05) is 13.1 Å². The average Bonchev–Trinajstić information content (AvgIpc) is 2.38. The number of halogens is 1. The van der Waals surface area contributed by atoms with Crippen LogP contribution in [0, 0.1) is 5.92 Å². The molecule has 1 fully saturated rings. The van der Waals surface area contributed by atoms with Crippen LogP contribution in [0.15, 0.2) is 17.3 Å². The topological polar surface area (TPSA) is 50.8 Å². The summed E-state index contributed by atoms with van der Waals surface area (Å²) in [4.78, 5) is 6.65. The molecule has 4 nitrogen and oxygen atoms in total. The van der Waals surface area contributed by atoms with E-state index in [1.807, 2.05) is 0 Å². The highest BCUT2D eigenvalue weighted by molar-refractivity contribution is 14.0. The largest absolute Gasteiger partial charge is 0.496 e. The lowest BCUT2D eigenvalue weighted by Crippen LogP contribution is -2.43. The third-order valence-electron chi connectivity index (χ3n) is 3.59. The monoisotopic (exact) mass is 365 g/mol. The van der Waals surface area contributed by atoms with Crippen LogP contribution in [0.5, 0.6) is 0 Å². The standard InChI is InChI=1S/C13H23N3O.HI/c1-11-5-7-16(8-6-11)13(14)15-10-12-4-2-3-9-17-12;/h3,9,11-12H,2,4-8,10H2,1H3,(H2,14,15);1H. The molecule has 2 aliphatic rings. The van der Waals surface area contributed by atoms with E-state index < -0.39 is 0 Å². The summed E-state index contributed by atoms with van der Waals surface area (Å²) in [6.07, 6.45) is 8.61. The first-order chi connectivity index (χ1) is 8.25. The van der Waals surface area contributed by atoms with E-state index in [1.165, 1.54) is 12.8 Å². The molecule has 0 spiro atoms. The second-order valence-corrected chi connectivity index (χ2v) is 5.08. The molecule has 5 heteroatoms. The lowest BCUT2D eigenvalue weighted by Gasteiger charge is -2.31. The molecule has 18 heavy (non-hydrogen) atoms. The molecule has 1 unspecified atom stereocenters. The summed E-state index contributed by atoms with van der Waals surface area (Å²) in [5.74, 6) is 1.51. The number of rotatable bonds is 2. The lowest BCUT2D eigenvalue weighted by molar-refractivity contribution is 0.131. The molecular weight excluding hydrogens is 341 g/mol. The zero-order chi connectivity index (χ0) is 12.1. The van der Waals surface area contributed by atoms with Gasteiger partial charge < -0.3 is 15.4 Å². The molecule has 104 valence electrons. The lowest BCUT2D eigenvalue weighted by atomic mass is 10.00. The van der Waals surface area contributed by atoms with Crippen LogP contribution in [0.2, 0.25) is 0 Å². The molecule has 0 aromatic heterocycles. The van der Waals surface area contributed by atoms with Gasteiger partial charge in [0.05, 0.1) is 12.8 Å². The molecule has 0 aromatic carbocycles. The van der Waals surface area contributed by atoms with Crippen LogP contribution in [0.1, 0.15) is 32.6 Å². The maximum absolute atomic E-state index is 6.01. The van der Waals surface area contributed by atoms with E-state index in [0.29, 0.717) is 12.5 Å². The predicted octanol–water partition coefficient (Wildman–Crippen LogP) is 2.34. The van der Waals surface area contributed by atoms with Crippen molar-refractivity contribution < 1.29 is 4.74 Å². The minimum Gasteiger partial charge on any atom is -0.496 e. The van der Waals surface area contributed by atoms with Crippen LogP contribution in [0.25, 0.3) is 0 Å². The SMILES string of the molecule is CC1CCN(C(N)=NCC2CCC=CO2)CC1.I. The fourth-order valence-corrected chi connectivity index (χ4v) is 2.25. The Balaban J connectivity index is 0.00000162. The number of guanidine groups is 1. The van der Waals surface area contributed by atoms with Gasteiger partial charge in [0.25, 0.3) is 0 Å². The number of hydrogen-bond donors (Lipinski definition) is 1. The smallest absolute Gasteiger partial charge is 0.191 e. The quantitative estimate of drug-likeness (QED) is 0.464. The fourth-order valence-electron chi connectivity index (χ4n) is 2.25. The Morgan fingerprint density at radius 3 is 2.72 bits per heavy atom. The Bertz CT molecular complexity index is 299. The molecule has 2 rings (SSSR count). The van der Waals surface area contributed by atoms with Crippen LogP contribution in [0.3, 0.4) is 0 Å². The van der Waals surface area contributed by atoms with Crippen molar-refractivity contribution in [2.24, 2.45) is 16.6 Å². The Kier molecular flexibility index (Phi) is 6.81. The Morgan fingerprint density at radius 1 is 1.39 bits per heavy atom. The first-order valence-corrected chi connectivity index (χ1v) is 6.61. The van der Waals surface area contributed by atoms with Crippen LogP contribution in [-0.2, 0) is 4.74 Å². The zero-order valence-electron chi connectivity index (χ0n) is 11.0. The van der Waals surface area contributed by atoms with Gasteiger partial charge in [-0.2, -0.15) is 0 Å². The molecular formula is C13H24IN3O. The highest BCUT2D eigenvalue weighted by Gasteiger charge is 2.17. The Labute approximate surface area is 127 Å². The Hall–Kier alpha value is -0.460. The summed E-state index contributed by atoms with van der Waals surface area (Å²) in [6, 6.07) is 0. The van der Waals surface area contributed by atoms with Gasteiger partial charge in [0.2, 0.25) is 0 Å². The molecule has 1 saturated heterocycles. The summed E-state index contributed by atoms with van der Waals surface area (Å²) in [5.41, 5.74) is 6.01. The van der Waals surface area contributed by atoms with Gasteiger partial charge in [-0.3, -0.25) is 0 Å². The zero-order valence-corrected chi connectivity index (χ0v) is 13.4. The molecule has 0 amide bonds. The van der Waals surface area contributed by atoms with Gasteiger partial charge >= 0.3 is 0 Å². The van der Waals surface area contributed by atoms with Crippen molar-refractivity contribution in [1.29, 1.82) is 0 Å². The van der Waals surface area contributed by atoms with Gasteiger partial charge in [-0.05, 0) is 37.7 Å². The predicted molar refractivity (Wildman–Crippen MR) is 85.1 cm³/mol. The molecule has 0 radical (unpaired) electrons. The van der Waals surface area contributed by atoms with Crippen molar-refractivity contribution in [3.63, 3.8) is 0 Å². The number of ether oxygens (including phenoxy) is 1. The molecule has 2 heterocycles. The molecule has 0 saturated carbocycles.